The SMILES string of the molecule is COc1cccc2c1ccc1nc3ccc(O)c(C(=O)N[C@H](CO)CN(C)C)c3nc12. The van der Waals surface area contributed by atoms with E-state index in [2.05, 4.69) is 10.3 Å². The highest BCUT2D eigenvalue weighted by atomic mass is 16.5. The number of ether oxygens (including phenoxy) is 1. The molecule has 1 heterocycles. The van der Waals surface area contributed by atoms with E-state index in [4.69, 9.17) is 9.72 Å². The van der Waals surface area contributed by atoms with Crippen LogP contribution in [0.4, 0.5) is 0 Å². The Morgan fingerprint density at radius 2 is 1.81 bits per heavy atom. The molecule has 31 heavy (non-hydrogen) atoms. The van der Waals surface area contributed by atoms with Gasteiger partial charge in [-0.25, -0.2) is 9.97 Å². The van der Waals surface area contributed by atoms with Gasteiger partial charge in [-0.15, -0.1) is 0 Å². The average molecular weight is 420 g/mol. The van der Waals surface area contributed by atoms with Gasteiger partial charge in [-0.05, 0) is 44.4 Å². The van der Waals surface area contributed by atoms with E-state index in [0.717, 1.165) is 10.8 Å². The van der Waals surface area contributed by atoms with E-state index in [1.165, 1.54) is 6.07 Å². The summed E-state index contributed by atoms with van der Waals surface area (Å²) in [6, 6.07) is 12.0. The number of aliphatic hydroxyl groups excluding tert-OH is 1. The third-order valence-electron chi connectivity index (χ3n) is 5.16. The summed E-state index contributed by atoms with van der Waals surface area (Å²) in [6.07, 6.45) is 0. The average Bonchev–Trinajstić information content (AvgIpc) is 2.76. The van der Waals surface area contributed by atoms with Crippen molar-refractivity contribution >= 4 is 38.7 Å². The molecule has 0 radical (unpaired) electrons. The molecule has 0 aliphatic heterocycles. The number of fused-ring (bicyclic) bond motifs is 4. The zero-order chi connectivity index (χ0) is 22.1. The number of methoxy groups -OCH3 is 1. The summed E-state index contributed by atoms with van der Waals surface area (Å²) in [6.45, 7) is 0.224. The number of phenols is 1. The second-order valence-electron chi connectivity index (χ2n) is 7.65. The third-order valence-corrected chi connectivity index (χ3v) is 5.16. The van der Waals surface area contributed by atoms with Gasteiger partial charge in [-0.1, -0.05) is 12.1 Å². The van der Waals surface area contributed by atoms with E-state index in [-0.39, 0.29) is 17.9 Å². The summed E-state index contributed by atoms with van der Waals surface area (Å²) in [7, 11) is 5.30. The second kappa shape index (κ2) is 8.33. The number of phenolic OH excluding ortho intramolecular Hbond substituents is 1. The number of carbonyl (C=O) groups is 1. The van der Waals surface area contributed by atoms with Crippen LogP contribution in [0.5, 0.6) is 11.5 Å². The fourth-order valence-corrected chi connectivity index (χ4v) is 3.77. The van der Waals surface area contributed by atoms with E-state index >= 15 is 0 Å². The molecule has 160 valence electrons. The Kier molecular flexibility index (Phi) is 5.58. The molecule has 0 bridgehead atoms. The van der Waals surface area contributed by atoms with Crippen molar-refractivity contribution in [2.75, 3.05) is 34.4 Å². The van der Waals surface area contributed by atoms with Crippen molar-refractivity contribution in [2.24, 2.45) is 0 Å². The van der Waals surface area contributed by atoms with E-state index in [1.807, 2.05) is 49.3 Å². The number of rotatable bonds is 6. The molecule has 1 aromatic heterocycles. The van der Waals surface area contributed by atoms with Crippen LogP contribution in [0.25, 0.3) is 32.8 Å². The van der Waals surface area contributed by atoms with Gasteiger partial charge < -0.3 is 25.2 Å². The Bertz CT molecular complexity index is 1290. The van der Waals surface area contributed by atoms with Crippen molar-refractivity contribution in [3.63, 3.8) is 0 Å². The quantitative estimate of drug-likeness (QED) is 0.324. The van der Waals surface area contributed by atoms with Crippen molar-refractivity contribution in [1.82, 2.24) is 20.2 Å². The number of nitrogens with one attached hydrogen (secondary N) is 1. The monoisotopic (exact) mass is 420 g/mol. The number of likely N-dealkylation sites (N-methyl/N-ethyl adjacent to an activating group) is 1. The minimum absolute atomic E-state index is 0.0315. The number of hydrogen-bond acceptors (Lipinski definition) is 7. The van der Waals surface area contributed by atoms with Crippen LogP contribution in [-0.4, -0.2) is 71.4 Å². The number of aliphatic hydroxyl groups is 1. The molecule has 3 aromatic carbocycles. The summed E-state index contributed by atoms with van der Waals surface area (Å²) >= 11 is 0. The first-order chi connectivity index (χ1) is 14.9. The van der Waals surface area contributed by atoms with Gasteiger partial charge in [0.1, 0.15) is 22.6 Å². The first-order valence-corrected chi connectivity index (χ1v) is 9.88. The van der Waals surface area contributed by atoms with Crippen LogP contribution in [-0.2, 0) is 0 Å². The van der Waals surface area contributed by atoms with Crippen LogP contribution in [0.1, 0.15) is 10.4 Å². The summed E-state index contributed by atoms with van der Waals surface area (Å²) in [5, 5.41) is 24.6. The first-order valence-electron chi connectivity index (χ1n) is 9.88. The fraction of sp³-hybridized carbons (Fsp3) is 0.261. The molecule has 0 aliphatic carbocycles. The van der Waals surface area contributed by atoms with Crippen molar-refractivity contribution in [3.8, 4) is 11.5 Å². The largest absolute Gasteiger partial charge is 0.507 e. The van der Waals surface area contributed by atoms with Crippen molar-refractivity contribution < 1.29 is 19.7 Å². The highest BCUT2D eigenvalue weighted by Gasteiger charge is 2.21. The Hall–Kier alpha value is -3.49. The summed E-state index contributed by atoms with van der Waals surface area (Å²) < 4.78 is 5.45. The normalized spacial score (nSPS) is 12.5. The molecule has 0 fully saturated rings. The van der Waals surface area contributed by atoms with Gasteiger partial charge in [-0.3, -0.25) is 4.79 Å². The van der Waals surface area contributed by atoms with E-state index in [9.17, 15) is 15.0 Å². The van der Waals surface area contributed by atoms with Crippen LogP contribution < -0.4 is 10.1 Å². The highest BCUT2D eigenvalue weighted by Crippen LogP contribution is 2.32. The highest BCUT2D eigenvalue weighted by molar-refractivity contribution is 6.12. The van der Waals surface area contributed by atoms with Gasteiger partial charge >= 0.3 is 0 Å². The predicted octanol–water partition coefficient (Wildman–Crippen LogP) is 2.30. The standard InChI is InChI=1S/C23H24N4O4/c1-27(2)11-13(12-28)24-23(30)20-18(29)10-9-17-22(20)26-21-15-5-4-6-19(31-3)14(15)7-8-16(21)25-17/h4-10,13,28-29H,11-12H2,1-3H3,(H,24,30)/t13-/m0/s1. The zero-order valence-electron chi connectivity index (χ0n) is 17.6. The van der Waals surface area contributed by atoms with Gasteiger partial charge in [0.15, 0.2) is 0 Å². The number of aromatic hydroxyl groups is 1. The maximum absolute atomic E-state index is 13.0. The number of nitrogens with zero attached hydrogens (tertiary/aromatic N) is 3. The predicted molar refractivity (Wildman–Crippen MR) is 120 cm³/mol. The minimum atomic E-state index is -0.518. The smallest absolute Gasteiger partial charge is 0.257 e. The van der Waals surface area contributed by atoms with Crippen LogP contribution in [0, 0.1) is 0 Å². The molecule has 4 aromatic rings. The fourth-order valence-electron chi connectivity index (χ4n) is 3.77. The van der Waals surface area contributed by atoms with Crippen LogP contribution in [0.3, 0.4) is 0 Å². The lowest BCUT2D eigenvalue weighted by molar-refractivity contribution is 0.0903. The van der Waals surface area contributed by atoms with Gasteiger partial charge in [-0.2, -0.15) is 0 Å². The first kappa shape index (κ1) is 20.8. The molecule has 3 N–H and O–H groups in total. The lowest BCUT2D eigenvalue weighted by atomic mass is 10.1. The molecular formula is C23H24N4O4. The molecule has 4 rings (SSSR count). The van der Waals surface area contributed by atoms with Crippen LogP contribution in [0.2, 0.25) is 0 Å². The Morgan fingerprint density at radius 3 is 2.52 bits per heavy atom. The number of amides is 1. The van der Waals surface area contributed by atoms with E-state index in [1.54, 1.807) is 13.2 Å². The lowest BCUT2D eigenvalue weighted by Gasteiger charge is -2.20. The van der Waals surface area contributed by atoms with Crippen LogP contribution in [0.15, 0.2) is 42.5 Å². The number of aromatic nitrogens is 2. The Labute approximate surface area is 179 Å². The van der Waals surface area contributed by atoms with Gasteiger partial charge in [0.2, 0.25) is 0 Å². The zero-order valence-corrected chi connectivity index (χ0v) is 17.6. The number of hydrogen-bond donors (Lipinski definition) is 3. The maximum atomic E-state index is 13.0. The van der Waals surface area contributed by atoms with E-state index < -0.39 is 11.9 Å². The molecule has 0 saturated carbocycles. The molecule has 1 amide bonds. The molecule has 0 saturated heterocycles. The number of carbonyl (C=O) groups excluding carboxylic acids is 1. The molecule has 0 spiro atoms. The Morgan fingerprint density at radius 1 is 1.06 bits per heavy atom. The molecule has 8 heteroatoms. The summed E-state index contributed by atoms with van der Waals surface area (Å²) in [5.74, 6) is -0.00174. The van der Waals surface area contributed by atoms with Crippen molar-refractivity contribution in [3.05, 3.63) is 48.0 Å². The maximum Gasteiger partial charge on any atom is 0.257 e. The van der Waals surface area contributed by atoms with Crippen molar-refractivity contribution in [1.29, 1.82) is 0 Å². The minimum Gasteiger partial charge on any atom is -0.507 e. The summed E-state index contributed by atoms with van der Waals surface area (Å²) in [5.41, 5.74) is 2.10. The topological polar surface area (TPSA) is 108 Å². The molecule has 8 nitrogen and oxygen atoms in total. The third kappa shape index (κ3) is 3.83. The molecule has 0 unspecified atom stereocenters. The Balaban J connectivity index is 1.91. The van der Waals surface area contributed by atoms with Crippen molar-refractivity contribution in [2.45, 2.75) is 6.04 Å². The molecule has 1 atom stereocenters. The lowest BCUT2D eigenvalue weighted by Crippen LogP contribution is -2.44. The van der Waals surface area contributed by atoms with E-state index in [0.29, 0.717) is 34.4 Å². The second-order valence-corrected chi connectivity index (χ2v) is 7.65. The number of benzene rings is 3. The molecule has 0 aliphatic rings. The van der Waals surface area contributed by atoms with Gasteiger partial charge in [0.05, 0.1) is 36.3 Å². The molecular weight excluding hydrogens is 396 g/mol. The van der Waals surface area contributed by atoms with Gasteiger partial charge in [0, 0.05) is 17.3 Å². The van der Waals surface area contributed by atoms with Crippen LogP contribution >= 0.6 is 0 Å². The van der Waals surface area contributed by atoms with Gasteiger partial charge in [0.25, 0.3) is 5.91 Å². The summed E-state index contributed by atoms with van der Waals surface area (Å²) in [4.78, 5) is 24.3.